The van der Waals surface area contributed by atoms with Gasteiger partial charge in [0.2, 0.25) is 0 Å². The molecule has 4 N–H and O–H groups in total. The van der Waals surface area contributed by atoms with Crippen LogP contribution in [0.25, 0.3) is 0 Å². The maximum absolute atomic E-state index is 10.4. The Morgan fingerprint density at radius 2 is 2.22 bits per heavy atom. The molecule has 0 radical (unpaired) electrons. The number of hydrogen-bond donors (Lipinski definition) is 2. The smallest absolute Gasteiger partial charge is 0.283 e. The van der Waals surface area contributed by atoms with E-state index in [-0.39, 0.29) is 0 Å². The van der Waals surface area contributed by atoms with Crippen molar-refractivity contribution in [2.24, 2.45) is 11.0 Å². The van der Waals surface area contributed by atoms with Crippen molar-refractivity contribution in [3.05, 3.63) is 12.7 Å². The van der Waals surface area contributed by atoms with Crippen molar-refractivity contribution in [1.82, 2.24) is 0 Å². The van der Waals surface area contributed by atoms with Gasteiger partial charge in [0.1, 0.15) is 0 Å². The van der Waals surface area contributed by atoms with Gasteiger partial charge in [-0.1, -0.05) is 18.2 Å². The second-order valence-electron chi connectivity index (χ2n) is 1.34. The largest absolute Gasteiger partial charge is 0.337 e. The molecule has 1 unspecified atom stereocenters. The average Bonchev–Trinajstić information content (AvgIpc) is 1.62. The lowest BCUT2D eigenvalue weighted by atomic mass is 10.7. The molecule has 0 aliphatic rings. The Bertz CT molecular complexity index is 145. The van der Waals surface area contributed by atoms with Gasteiger partial charge in [-0.05, 0) is 6.08 Å². The first kappa shape index (κ1) is 9.14. The number of rotatable bonds is 3. The van der Waals surface area contributed by atoms with Crippen molar-refractivity contribution in [2.45, 2.75) is 5.56 Å². The normalized spacial score (nSPS) is 15.0. The van der Waals surface area contributed by atoms with E-state index in [0.29, 0.717) is 0 Å². The molecule has 0 rings (SSSR count). The maximum Gasteiger partial charge on any atom is 0.337 e. The second-order valence-corrected chi connectivity index (χ2v) is 3.27. The van der Waals surface area contributed by atoms with Crippen molar-refractivity contribution in [2.75, 3.05) is 0 Å². The highest BCUT2D eigenvalue weighted by Gasteiger charge is 2.12. The van der Waals surface area contributed by atoms with Crippen molar-refractivity contribution >= 4 is 19.3 Å². The topological polar surface area (TPSA) is 78.3 Å². The quantitative estimate of drug-likeness (QED) is 0.373. The molecule has 0 saturated heterocycles. The summed E-state index contributed by atoms with van der Waals surface area (Å²) in [6.45, 7) is 3.26. The third kappa shape index (κ3) is 6.02. The molecule has 0 aliphatic heterocycles. The summed E-state index contributed by atoms with van der Waals surface area (Å²) >= 11 is 5.28. The molecule has 0 aromatic rings. The Balaban J connectivity index is 3.74. The third-order valence-corrected chi connectivity index (χ3v) is 1.40. The fourth-order valence-electron chi connectivity index (χ4n) is 0.200. The Hall–Kier alpha value is 0.140. The molecule has 1 atom stereocenters. The van der Waals surface area contributed by atoms with E-state index in [9.17, 15) is 4.57 Å². The Morgan fingerprint density at radius 3 is 2.33 bits per heavy atom. The summed E-state index contributed by atoms with van der Waals surface area (Å²) in [7, 11) is -3.44. The van der Waals surface area contributed by atoms with Gasteiger partial charge in [-0.3, -0.25) is 9.09 Å². The van der Waals surface area contributed by atoms with Gasteiger partial charge >= 0.3 is 7.67 Å². The zero-order chi connectivity index (χ0) is 7.49. The van der Waals surface area contributed by atoms with Crippen molar-refractivity contribution < 1.29 is 9.09 Å². The van der Waals surface area contributed by atoms with Gasteiger partial charge in [0.05, 0.1) is 0 Å². The van der Waals surface area contributed by atoms with E-state index in [1.165, 1.54) is 6.08 Å². The zero-order valence-electron chi connectivity index (χ0n) is 4.66. The van der Waals surface area contributed by atoms with Crippen LogP contribution in [0.2, 0.25) is 0 Å². The van der Waals surface area contributed by atoms with Gasteiger partial charge in [-0.2, -0.15) is 0 Å². The van der Waals surface area contributed by atoms with E-state index in [1.54, 1.807) is 0 Å². The lowest BCUT2D eigenvalue weighted by Gasteiger charge is -2.08. The van der Waals surface area contributed by atoms with Crippen molar-refractivity contribution in [3.63, 3.8) is 0 Å². The summed E-state index contributed by atoms with van der Waals surface area (Å²) in [6.07, 6.45) is 1.23. The van der Waals surface area contributed by atoms with E-state index >= 15 is 0 Å². The van der Waals surface area contributed by atoms with E-state index in [1.807, 2.05) is 0 Å². The van der Waals surface area contributed by atoms with Crippen LogP contribution in [0.15, 0.2) is 12.7 Å². The van der Waals surface area contributed by atoms with Crippen LogP contribution in [0.1, 0.15) is 0 Å². The van der Waals surface area contributed by atoms with Gasteiger partial charge < -0.3 is 0 Å². The summed E-state index contributed by atoms with van der Waals surface area (Å²) in [5.41, 5.74) is 8.70. The standard InChI is InChI=1S/C3H8ClN2O2P/c1-2-3(4)8-9(5,6)7/h2-3H,1H2,(H4,5,6,7). The minimum absolute atomic E-state index is 0.883. The van der Waals surface area contributed by atoms with Crippen molar-refractivity contribution in [3.8, 4) is 0 Å². The highest BCUT2D eigenvalue weighted by molar-refractivity contribution is 7.53. The number of halogens is 1. The first-order chi connectivity index (χ1) is 3.95. The van der Waals surface area contributed by atoms with Crippen LogP contribution in [0.4, 0.5) is 0 Å². The molecular formula is C3H8ClN2O2P. The molecule has 0 amide bonds. The Labute approximate surface area is 58.4 Å². The van der Waals surface area contributed by atoms with Gasteiger partial charge in [0, 0.05) is 0 Å². The third-order valence-electron chi connectivity index (χ3n) is 0.451. The molecule has 0 aromatic heterocycles. The molecule has 54 valence electrons. The fourth-order valence-corrected chi connectivity index (χ4v) is 0.975. The summed E-state index contributed by atoms with van der Waals surface area (Å²) in [5.74, 6) is 0. The summed E-state index contributed by atoms with van der Waals surface area (Å²) in [4.78, 5) is 0. The van der Waals surface area contributed by atoms with Crippen LogP contribution in [-0.2, 0) is 9.09 Å². The molecule has 0 aromatic carbocycles. The molecular weight excluding hydrogens is 162 g/mol. The molecule has 6 heteroatoms. The molecule has 0 saturated carbocycles. The molecule has 0 spiro atoms. The van der Waals surface area contributed by atoms with Gasteiger partial charge in [-0.25, -0.2) is 11.0 Å². The second kappa shape index (κ2) is 3.34. The number of hydrogen-bond acceptors (Lipinski definition) is 2. The zero-order valence-corrected chi connectivity index (χ0v) is 6.31. The van der Waals surface area contributed by atoms with Crippen molar-refractivity contribution in [1.29, 1.82) is 0 Å². The minimum Gasteiger partial charge on any atom is -0.283 e. The minimum atomic E-state index is -3.44. The summed E-state index contributed by atoms with van der Waals surface area (Å²) in [5, 5.41) is 0. The lowest BCUT2D eigenvalue weighted by molar-refractivity contribution is 0.322. The fraction of sp³-hybridized carbons (Fsp3) is 0.333. The van der Waals surface area contributed by atoms with Crippen LogP contribution in [-0.4, -0.2) is 5.56 Å². The summed E-state index contributed by atoms with van der Waals surface area (Å²) in [6, 6.07) is 0. The van der Waals surface area contributed by atoms with E-state index < -0.39 is 13.2 Å². The van der Waals surface area contributed by atoms with Crippen LogP contribution < -0.4 is 11.0 Å². The monoisotopic (exact) mass is 170 g/mol. The Kier molecular flexibility index (Phi) is 3.40. The van der Waals surface area contributed by atoms with E-state index in [2.05, 4.69) is 11.1 Å². The van der Waals surface area contributed by atoms with E-state index in [4.69, 9.17) is 22.6 Å². The predicted octanol–water partition coefficient (Wildman–Crippen LogP) is 0.779. The first-order valence-corrected chi connectivity index (χ1v) is 4.28. The Morgan fingerprint density at radius 1 is 1.78 bits per heavy atom. The average molecular weight is 171 g/mol. The molecule has 9 heavy (non-hydrogen) atoms. The summed E-state index contributed by atoms with van der Waals surface area (Å²) < 4.78 is 14.7. The highest BCUT2D eigenvalue weighted by atomic mass is 35.5. The van der Waals surface area contributed by atoms with Crippen LogP contribution in [0.3, 0.4) is 0 Å². The number of nitrogens with two attached hydrogens (primary N) is 2. The van der Waals surface area contributed by atoms with Gasteiger partial charge in [0.15, 0.2) is 5.56 Å². The maximum atomic E-state index is 10.4. The molecule has 0 bridgehead atoms. The SMILES string of the molecule is C=CC(Cl)OP(N)(N)=O. The van der Waals surface area contributed by atoms with Crippen LogP contribution >= 0.6 is 19.3 Å². The van der Waals surface area contributed by atoms with Crippen LogP contribution in [0.5, 0.6) is 0 Å². The molecule has 4 nitrogen and oxygen atoms in total. The molecule has 0 fully saturated rings. The lowest BCUT2D eigenvalue weighted by Crippen LogP contribution is -2.11. The van der Waals surface area contributed by atoms with E-state index in [0.717, 1.165) is 0 Å². The first-order valence-electron chi connectivity index (χ1n) is 2.08. The molecule has 0 aliphatic carbocycles. The van der Waals surface area contributed by atoms with Crippen LogP contribution in [0, 0.1) is 0 Å². The predicted molar refractivity (Wildman–Crippen MR) is 36.9 cm³/mol. The molecule has 0 heterocycles. The highest BCUT2D eigenvalue weighted by Crippen LogP contribution is 2.29. The van der Waals surface area contributed by atoms with Gasteiger partial charge in [-0.15, -0.1) is 0 Å². The van der Waals surface area contributed by atoms with Gasteiger partial charge in [0.25, 0.3) is 0 Å². The number of alkyl halides is 1.